The third kappa shape index (κ3) is 4.29. The molecular weight excluding hydrogens is 461 g/mol. The first kappa shape index (κ1) is 22.1. The first-order valence-corrected chi connectivity index (χ1v) is 12.6. The molecule has 33 heavy (non-hydrogen) atoms. The molecule has 6 nitrogen and oxygen atoms in total. The Kier molecular flexibility index (Phi) is 6.20. The first-order chi connectivity index (χ1) is 16.0. The molecule has 4 aromatic rings. The lowest BCUT2D eigenvalue weighted by molar-refractivity contribution is 0.00672. The molecule has 2 N–H and O–H groups in total. The third-order valence-electron chi connectivity index (χ3n) is 5.64. The Morgan fingerprint density at radius 1 is 1.21 bits per heavy atom. The van der Waals surface area contributed by atoms with Gasteiger partial charge in [0.05, 0.1) is 47.8 Å². The highest BCUT2D eigenvalue weighted by Gasteiger charge is 2.23. The van der Waals surface area contributed by atoms with Gasteiger partial charge < -0.3 is 15.2 Å². The van der Waals surface area contributed by atoms with Crippen molar-refractivity contribution in [2.45, 2.75) is 10.1 Å². The summed E-state index contributed by atoms with van der Waals surface area (Å²) in [5, 5.41) is 0.729. The topological polar surface area (TPSA) is 87.3 Å². The van der Waals surface area contributed by atoms with Crippen LogP contribution in [0, 0.1) is 5.82 Å². The van der Waals surface area contributed by atoms with Crippen molar-refractivity contribution < 1.29 is 18.1 Å². The van der Waals surface area contributed by atoms with Gasteiger partial charge in [-0.25, -0.2) is 9.37 Å². The molecule has 1 fully saturated rings. The third-order valence-corrected chi connectivity index (χ3v) is 8.51. The molecule has 1 unspecified atom stereocenters. The fourth-order valence-corrected chi connectivity index (χ4v) is 6.29. The van der Waals surface area contributed by atoms with E-state index in [-0.39, 0.29) is 5.82 Å². The van der Waals surface area contributed by atoms with E-state index in [1.807, 2.05) is 24.4 Å². The molecule has 1 saturated heterocycles. The van der Waals surface area contributed by atoms with Gasteiger partial charge >= 0.3 is 0 Å². The summed E-state index contributed by atoms with van der Waals surface area (Å²) in [4.78, 5) is 10.1. The summed E-state index contributed by atoms with van der Waals surface area (Å²) >= 11 is 1.32. The maximum Gasteiger partial charge on any atom is 0.127 e. The fraction of sp³-hybridized carbons (Fsp3) is 0.250. The number of pyridine rings is 2. The minimum atomic E-state index is -1.31. The molecule has 0 aliphatic carbocycles. The number of benzene rings is 1. The summed E-state index contributed by atoms with van der Waals surface area (Å²) in [7, 11) is 0.267. The second-order valence-electron chi connectivity index (χ2n) is 7.79. The van der Waals surface area contributed by atoms with Crippen molar-refractivity contribution in [3.63, 3.8) is 0 Å². The van der Waals surface area contributed by atoms with Gasteiger partial charge in [-0.05, 0) is 41.5 Å². The van der Waals surface area contributed by atoms with E-state index < -0.39 is 10.8 Å². The summed E-state index contributed by atoms with van der Waals surface area (Å²) < 4.78 is 37.4. The van der Waals surface area contributed by atoms with Crippen LogP contribution in [0.4, 0.5) is 10.1 Å². The minimum Gasteiger partial charge on any atom is -0.396 e. The standard InChI is InChI=1S/C24H22FN3O3S2/c1-30-8-9-33(29)24-22(26)21-18(14-2-5-17(25)6-3-14)10-20(28-23(21)32-24)15-4-7-19(27-11-15)16-12-31-13-16/h2-7,10-11,16H,8-9,12-13,26H2,1H3. The summed E-state index contributed by atoms with van der Waals surface area (Å²) in [6.07, 6.45) is 1.81. The van der Waals surface area contributed by atoms with Gasteiger partial charge in [-0.15, -0.1) is 11.3 Å². The Morgan fingerprint density at radius 2 is 1.97 bits per heavy atom. The molecular formula is C24H22FN3O3S2. The Balaban J connectivity index is 1.64. The van der Waals surface area contributed by atoms with Crippen molar-refractivity contribution in [2.75, 3.05) is 38.4 Å². The normalized spacial score (nSPS) is 15.0. The molecule has 1 aliphatic heterocycles. The number of thiophene rings is 1. The summed E-state index contributed by atoms with van der Waals surface area (Å²) in [5.74, 6) is 0.373. The van der Waals surface area contributed by atoms with E-state index in [2.05, 4.69) is 4.98 Å². The van der Waals surface area contributed by atoms with Crippen LogP contribution >= 0.6 is 11.3 Å². The first-order valence-electron chi connectivity index (χ1n) is 10.5. The number of rotatable bonds is 7. The molecule has 3 aromatic heterocycles. The zero-order valence-corrected chi connectivity index (χ0v) is 19.5. The minimum absolute atomic E-state index is 0.316. The molecule has 0 radical (unpaired) electrons. The van der Waals surface area contributed by atoms with Crippen molar-refractivity contribution in [3.8, 4) is 22.4 Å². The van der Waals surface area contributed by atoms with Crippen LogP contribution in [0.25, 0.3) is 32.6 Å². The highest BCUT2D eigenvalue weighted by Crippen LogP contribution is 2.42. The van der Waals surface area contributed by atoms with Crippen LogP contribution in [0.1, 0.15) is 11.6 Å². The van der Waals surface area contributed by atoms with Gasteiger partial charge in [0, 0.05) is 35.9 Å². The second kappa shape index (κ2) is 9.26. The zero-order chi connectivity index (χ0) is 22.9. The lowest BCUT2D eigenvalue weighted by Gasteiger charge is -2.25. The number of nitrogens with two attached hydrogens (primary N) is 1. The number of aromatic nitrogens is 2. The van der Waals surface area contributed by atoms with Crippen LogP contribution in [0.15, 0.2) is 52.9 Å². The van der Waals surface area contributed by atoms with Gasteiger partial charge in [0.2, 0.25) is 0 Å². The van der Waals surface area contributed by atoms with Gasteiger partial charge in [0.25, 0.3) is 0 Å². The summed E-state index contributed by atoms with van der Waals surface area (Å²) in [6, 6.07) is 12.2. The molecule has 170 valence electrons. The van der Waals surface area contributed by atoms with Crippen LogP contribution in [0.5, 0.6) is 0 Å². The van der Waals surface area contributed by atoms with E-state index in [1.165, 1.54) is 23.5 Å². The van der Waals surface area contributed by atoms with Gasteiger partial charge in [-0.3, -0.25) is 9.19 Å². The average molecular weight is 484 g/mol. The molecule has 0 spiro atoms. The van der Waals surface area contributed by atoms with Crippen LogP contribution in [0.3, 0.4) is 0 Å². The Hall–Kier alpha value is -2.72. The van der Waals surface area contributed by atoms with Gasteiger partial charge in [-0.2, -0.15) is 0 Å². The molecule has 1 aromatic carbocycles. The molecule has 5 rings (SSSR count). The number of ether oxygens (including phenoxy) is 2. The van der Waals surface area contributed by atoms with Crippen LogP contribution in [-0.4, -0.2) is 46.9 Å². The molecule has 0 amide bonds. The maximum absolute atomic E-state index is 13.6. The van der Waals surface area contributed by atoms with E-state index in [0.29, 0.717) is 46.2 Å². The van der Waals surface area contributed by atoms with Gasteiger partial charge in [0.1, 0.15) is 14.9 Å². The predicted molar refractivity (Wildman–Crippen MR) is 129 cm³/mol. The highest BCUT2D eigenvalue weighted by molar-refractivity contribution is 7.87. The van der Waals surface area contributed by atoms with E-state index >= 15 is 0 Å². The van der Waals surface area contributed by atoms with E-state index in [9.17, 15) is 8.60 Å². The summed E-state index contributed by atoms with van der Waals surface area (Å²) in [5.41, 5.74) is 11.1. The lowest BCUT2D eigenvalue weighted by atomic mass is 9.99. The molecule has 1 atom stereocenters. The van der Waals surface area contributed by atoms with Gasteiger partial charge in [-0.1, -0.05) is 12.1 Å². The zero-order valence-electron chi connectivity index (χ0n) is 17.9. The fourth-order valence-electron chi connectivity index (χ4n) is 3.73. The van der Waals surface area contributed by atoms with E-state index in [0.717, 1.165) is 33.5 Å². The maximum atomic E-state index is 13.6. The highest BCUT2D eigenvalue weighted by atomic mass is 32.2. The number of hydrogen-bond acceptors (Lipinski definition) is 7. The average Bonchev–Trinajstić information content (AvgIpc) is 3.13. The Labute approximate surface area is 197 Å². The molecule has 9 heteroatoms. The van der Waals surface area contributed by atoms with Crippen molar-refractivity contribution in [2.24, 2.45) is 0 Å². The van der Waals surface area contributed by atoms with Crippen molar-refractivity contribution >= 4 is 38.0 Å². The van der Waals surface area contributed by atoms with Crippen LogP contribution in [-0.2, 0) is 20.3 Å². The number of fused-ring (bicyclic) bond motifs is 1. The Bertz CT molecular complexity index is 1320. The quantitative estimate of drug-likeness (QED) is 0.413. The van der Waals surface area contributed by atoms with Crippen LogP contribution in [0.2, 0.25) is 0 Å². The monoisotopic (exact) mass is 483 g/mol. The number of anilines is 1. The molecule has 4 heterocycles. The van der Waals surface area contributed by atoms with Crippen molar-refractivity contribution in [1.29, 1.82) is 0 Å². The number of halogens is 1. The van der Waals surface area contributed by atoms with Crippen molar-refractivity contribution in [3.05, 3.63) is 60.2 Å². The number of hydrogen-bond donors (Lipinski definition) is 1. The number of nitrogen functional groups attached to an aromatic ring is 1. The van der Waals surface area contributed by atoms with Crippen molar-refractivity contribution in [1.82, 2.24) is 9.97 Å². The molecule has 0 saturated carbocycles. The largest absolute Gasteiger partial charge is 0.396 e. The predicted octanol–water partition coefficient (Wildman–Crippen LogP) is 4.61. The van der Waals surface area contributed by atoms with E-state index in [4.69, 9.17) is 20.2 Å². The Morgan fingerprint density at radius 3 is 2.61 bits per heavy atom. The summed E-state index contributed by atoms with van der Waals surface area (Å²) in [6.45, 7) is 1.76. The molecule has 0 bridgehead atoms. The molecule has 1 aliphatic rings. The van der Waals surface area contributed by atoms with Crippen LogP contribution < -0.4 is 5.73 Å². The SMILES string of the molecule is COCCS(=O)c1sc2nc(-c3ccc(C4COC4)nc3)cc(-c3ccc(F)cc3)c2c1N. The lowest BCUT2D eigenvalue weighted by Crippen LogP contribution is -2.25. The number of methoxy groups -OCH3 is 1. The van der Waals surface area contributed by atoms with Gasteiger partial charge in [0.15, 0.2) is 0 Å². The smallest absolute Gasteiger partial charge is 0.127 e. The van der Waals surface area contributed by atoms with E-state index in [1.54, 1.807) is 19.2 Å². The second-order valence-corrected chi connectivity index (χ2v) is 10.6. The number of nitrogens with zero attached hydrogens (tertiary/aromatic N) is 2.